The summed E-state index contributed by atoms with van der Waals surface area (Å²) in [6.07, 6.45) is -0.728. The number of aromatic nitrogens is 3. The zero-order valence-electron chi connectivity index (χ0n) is 13.7. The van der Waals surface area contributed by atoms with Gasteiger partial charge in [0.2, 0.25) is 17.3 Å². The minimum Gasteiger partial charge on any atom is -0.448 e. The Kier molecular flexibility index (Phi) is 4.78. The van der Waals surface area contributed by atoms with Gasteiger partial charge in [0.05, 0.1) is 0 Å². The molecule has 0 fully saturated rings. The van der Waals surface area contributed by atoms with Crippen molar-refractivity contribution in [2.24, 2.45) is 0 Å². The lowest BCUT2D eigenvalue weighted by molar-refractivity contribution is 0.220. The molecular weight excluding hydrogens is 419 g/mol. The van der Waals surface area contributed by atoms with Gasteiger partial charge in [-0.2, -0.15) is 4.98 Å². The van der Waals surface area contributed by atoms with Crippen molar-refractivity contribution in [2.45, 2.75) is 18.3 Å². The Labute approximate surface area is 162 Å². The Bertz CT molecular complexity index is 972. The van der Waals surface area contributed by atoms with E-state index in [9.17, 15) is 4.39 Å². The maximum atomic E-state index is 14.3. The van der Waals surface area contributed by atoms with Crippen LogP contribution in [-0.2, 0) is 0 Å². The van der Waals surface area contributed by atoms with E-state index in [-0.39, 0.29) is 5.82 Å². The molecule has 3 aromatic rings. The van der Waals surface area contributed by atoms with Gasteiger partial charge in [-0.3, -0.25) is 0 Å². The number of hydrogen-bond acceptors (Lipinski definition) is 6. The van der Waals surface area contributed by atoms with Gasteiger partial charge < -0.3 is 10.1 Å². The largest absolute Gasteiger partial charge is 0.448 e. The first kappa shape index (κ1) is 17.2. The molecule has 0 saturated carbocycles. The number of nitrogens with one attached hydrogen (secondary N) is 1. The average molecular weight is 433 g/mol. The monoisotopic (exact) mass is 432 g/mol. The highest BCUT2D eigenvalue weighted by Gasteiger charge is 2.27. The SMILES string of the molecule is CCSc1nnc2c(n1)OC(c1ccccc1F)Nc1ccc(Br)cc1-2. The summed E-state index contributed by atoms with van der Waals surface area (Å²) in [7, 11) is 0. The van der Waals surface area contributed by atoms with Crippen LogP contribution >= 0.6 is 27.7 Å². The van der Waals surface area contributed by atoms with Crippen LogP contribution < -0.4 is 10.1 Å². The third kappa shape index (κ3) is 3.26. The third-order valence-corrected chi connectivity index (χ3v) is 5.06. The van der Waals surface area contributed by atoms with Crippen molar-refractivity contribution in [2.75, 3.05) is 11.1 Å². The second-order valence-electron chi connectivity index (χ2n) is 5.53. The molecular formula is C18H14BrFN4OS. The van der Waals surface area contributed by atoms with E-state index >= 15 is 0 Å². The summed E-state index contributed by atoms with van der Waals surface area (Å²) < 4.78 is 21.3. The highest BCUT2D eigenvalue weighted by Crippen LogP contribution is 2.41. The van der Waals surface area contributed by atoms with E-state index in [2.05, 4.69) is 36.4 Å². The number of fused-ring (bicyclic) bond motifs is 3. The van der Waals surface area contributed by atoms with E-state index in [1.165, 1.54) is 17.8 Å². The lowest BCUT2D eigenvalue weighted by Crippen LogP contribution is -2.18. The minimum absolute atomic E-state index is 0.327. The van der Waals surface area contributed by atoms with E-state index in [0.29, 0.717) is 22.3 Å². The van der Waals surface area contributed by atoms with Crippen molar-refractivity contribution in [3.8, 4) is 17.1 Å². The van der Waals surface area contributed by atoms with Crippen LogP contribution in [0.15, 0.2) is 52.1 Å². The van der Waals surface area contributed by atoms with Crippen LogP contribution in [0, 0.1) is 5.82 Å². The van der Waals surface area contributed by atoms with Crippen LogP contribution in [0.25, 0.3) is 11.3 Å². The van der Waals surface area contributed by atoms with Gasteiger partial charge in [-0.15, -0.1) is 10.2 Å². The molecule has 8 heteroatoms. The number of nitrogens with zero attached hydrogens (tertiary/aromatic N) is 3. The Morgan fingerprint density at radius 3 is 2.88 bits per heavy atom. The summed E-state index contributed by atoms with van der Waals surface area (Å²) in [5, 5.41) is 12.3. The van der Waals surface area contributed by atoms with E-state index in [4.69, 9.17) is 4.74 Å². The molecule has 1 aliphatic heterocycles. The van der Waals surface area contributed by atoms with E-state index in [0.717, 1.165) is 21.5 Å². The standard InChI is InChI=1S/C18H14BrFN4OS/c1-2-26-18-22-17-15(23-24-18)12-9-10(19)7-8-14(12)21-16(25-17)11-5-3-4-6-13(11)20/h3-9,16,21H,2H2,1H3. The number of benzene rings is 2. The number of halogens is 2. The third-order valence-electron chi connectivity index (χ3n) is 3.85. The molecule has 1 N–H and O–H groups in total. The topological polar surface area (TPSA) is 59.9 Å². The molecule has 1 aromatic heterocycles. The summed E-state index contributed by atoms with van der Waals surface area (Å²) >= 11 is 4.95. The fourth-order valence-electron chi connectivity index (χ4n) is 2.69. The zero-order chi connectivity index (χ0) is 18.1. The van der Waals surface area contributed by atoms with Gasteiger partial charge in [-0.05, 0) is 30.0 Å². The minimum atomic E-state index is -0.728. The normalized spacial score (nSPS) is 15.3. The Morgan fingerprint density at radius 2 is 2.08 bits per heavy atom. The Balaban J connectivity index is 1.87. The number of thioether (sulfide) groups is 1. The summed E-state index contributed by atoms with van der Waals surface area (Å²) in [4.78, 5) is 4.49. The zero-order valence-corrected chi connectivity index (χ0v) is 16.1. The second-order valence-corrected chi connectivity index (χ2v) is 7.68. The van der Waals surface area contributed by atoms with Crippen molar-refractivity contribution < 1.29 is 9.13 Å². The summed E-state index contributed by atoms with van der Waals surface area (Å²) in [6, 6.07) is 12.2. The number of hydrogen-bond donors (Lipinski definition) is 1. The maximum Gasteiger partial charge on any atom is 0.247 e. The van der Waals surface area contributed by atoms with E-state index in [1.807, 2.05) is 25.1 Å². The summed E-state index contributed by atoms with van der Waals surface area (Å²) in [5.74, 6) is 0.795. The lowest BCUT2D eigenvalue weighted by Gasteiger charge is -2.19. The molecule has 0 spiro atoms. The summed E-state index contributed by atoms with van der Waals surface area (Å²) in [6.45, 7) is 2.01. The molecule has 2 aromatic carbocycles. The smallest absolute Gasteiger partial charge is 0.247 e. The van der Waals surface area contributed by atoms with Crippen LogP contribution in [0.1, 0.15) is 18.7 Å². The van der Waals surface area contributed by atoms with Gasteiger partial charge in [0.1, 0.15) is 5.82 Å². The van der Waals surface area contributed by atoms with Crippen molar-refractivity contribution >= 4 is 33.4 Å². The number of ether oxygens (including phenoxy) is 1. The molecule has 0 aliphatic carbocycles. The van der Waals surface area contributed by atoms with Gasteiger partial charge in [-0.1, -0.05) is 52.8 Å². The molecule has 132 valence electrons. The predicted octanol–water partition coefficient (Wildman–Crippen LogP) is 5.06. The molecule has 1 aliphatic rings. The molecule has 0 radical (unpaired) electrons. The van der Waals surface area contributed by atoms with Gasteiger partial charge in [0.15, 0.2) is 5.69 Å². The van der Waals surface area contributed by atoms with E-state index < -0.39 is 6.23 Å². The highest BCUT2D eigenvalue weighted by molar-refractivity contribution is 9.10. The first-order valence-electron chi connectivity index (χ1n) is 8.00. The lowest BCUT2D eigenvalue weighted by atomic mass is 10.1. The van der Waals surface area contributed by atoms with Crippen molar-refractivity contribution in [3.63, 3.8) is 0 Å². The number of anilines is 1. The molecule has 5 nitrogen and oxygen atoms in total. The molecule has 2 heterocycles. The van der Waals surface area contributed by atoms with Crippen LogP contribution in [0.3, 0.4) is 0 Å². The highest BCUT2D eigenvalue weighted by atomic mass is 79.9. The van der Waals surface area contributed by atoms with Crippen LogP contribution in [-0.4, -0.2) is 20.9 Å². The first-order valence-corrected chi connectivity index (χ1v) is 9.78. The van der Waals surface area contributed by atoms with Gasteiger partial charge >= 0.3 is 0 Å². The first-order chi connectivity index (χ1) is 12.7. The van der Waals surface area contributed by atoms with Crippen molar-refractivity contribution in [1.29, 1.82) is 0 Å². The second kappa shape index (κ2) is 7.20. The average Bonchev–Trinajstić information content (AvgIpc) is 2.78. The van der Waals surface area contributed by atoms with Crippen LogP contribution in [0.2, 0.25) is 0 Å². The van der Waals surface area contributed by atoms with Crippen LogP contribution in [0.4, 0.5) is 10.1 Å². The van der Waals surface area contributed by atoms with Gasteiger partial charge in [-0.25, -0.2) is 4.39 Å². The van der Waals surface area contributed by atoms with E-state index in [1.54, 1.807) is 18.2 Å². The quantitative estimate of drug-likeness (QED) is 0.583. The van der Waals surface area contributed by atoms with Crippen molar-refractivity contribution in [1.82, 2.24) is 15.2 Å². The molecule has 0 amide bonds. The maximum absolute atomic E-state index is 14.3. The molecule has 1 unspecified atom stereocenters. The molecule has 26 heavy (non-hydrogen) atoms. The molecule has 1 atom stereocenters. The van der Waals surface area contributed by atoms with Gasteiger partial charge in [0, 0.05) is 21.3 Å². The fourth-order valence-corrected chi connectivity index (χ4v) is 3.55. The number of rotatable bonds is 3. The Morgan fingerprint density at radius 1 is 1.23 bits per heavy atom. The fraction of sp³-hybridized carbons (Fsp3) is 0.167. The predicted molar refractivity (Wildman–Crippen MR) is 103 cm³/mol. The summed E-state index contributed by atoms with van der Waals surface area (Å²) in [5.41, 5.74) is 2.49. The molecule has 0 bridgehead atoms. The van der Waals surface area contributed by atoms with Crippen LogP contribution in [0.5, 0.6) is 5.88 Å². The van der Waals surface area contributed by atoms with Crippen molar-refractivity contribution in [3.05, 3.63) is 58.3 Å². The molecule has 4 rings (SSSR count). The van der Waals surface area contributed by atoms with Gasteiger partial charge in [0.25, 0.3) is 0 Å². The Hall–Kier alpha value is -2.19. The molecule has 0 saturated heterocycles.